The molecule has 0 bridgehead atoms. The first-order valence-electron chi connectivity index (χ1n) is 9.79. The molecule has 1 atom stereocenters. The fourth-order valence-electron chi connectivity index (χ4n) is 2.62. The van der Waals surface area contributed by atoms with Crippen molar-refractivity contribution in [3.8, 4) is 0 Å². The standard InChI is InChI=1S/C16H5F29/c17-3(6(22,23)8(26,27)13(36,37)15(40,41)42)4(18,19)1-2-5(20,21)7(24,25)9(28,29)10(30,31)11(32,33)12(34,35)14(38,39)16(43,44)45/h3H,1-2H2. The van der Waals surface area contributed by atoms with Crippen LogP contribution in [0.15, 0.2) is 0 Å². The van der Waals surface area contributed by atoms with Crippen LogP contribution in [0.3, 0.4) is 0 Å². The minimum absolute atomic E-state index is 4.22. The third-order valence-corrected chi connectivity index (χ3v) is 5.42. The minimum Gasteiger partial charge on any atom is -0.234 e. The van der Waals surface area contributed by atoms with Crippen LogP contribution in [0, 0.1) is 0 Å². The topological polar surface area (TPSA) is 0 Å². The van der Waals surface area contributed by atoms with Crippen LogP contribution >= 0.6 is 0 Å². The van der Waals surface area contributed by atoms with Gasteiger partial charge in [-0.3, -0.25) is 0 Å². The zero-order chi connectivity index (χ0) is 37.5. The molecule has 29 heteroatoms. The highest BCUT2D eigenvalue weighted by Gasteiger charge is 2.95. The monoisotopic (exact) mass is 748 g/mol. The van der Waals surface area contributed by atoms with Crippen LogP contribution in [0.4, 0.5) is 127 Å². The lowest BCUT2D eigenvalue weighted by molar-refractivity contribution is -0.462. The molecule has 0 saturated heterocycles. The summed E-state index contributed by atoms with van der Waals surface area (Å²) in [6.07, 6.45) is -31.2. The molecule has 0 N–H and O–H groups in total. The molecule has 1 unspecified atom stereocenters. The van der Waals surface area contributed by atoms with Gasteiger partial charge in [0, 0.05) is 12.8 Å². The molecule has 272 valence electrons. The van der Waals surface area contributed by atoms with Crippen molar-refractivity contribution >= 4 is 0 Å². The molecule has 0 aromatic rings. The van der Waals surface area contributed by atoms with Crippen LogP contribution < -0.4 is 0 Å². The lowest BCUT2D eigenvalue weighted by Gasteiger charge is -2.43. The third-order valence-electron chi connectivity index (χ3n) is 5.42. The van der Waals surface area contributed by atoms with Crippen molar-refractivity contribution in [1.29, 1.82) is 0 Å². The molecule has 0 aromatic heterocycles. The number of alkyl halides is 29. The van der Waals surface area contributed by atoms with Crippen LogP contribution in [0.2, 0.25) is 0 Å². The quantitative estimate of drug-likeness (QED) is 0.165. The van der Waals surface area contributed by atoms with Crippen molar-refractivity contribution in [3.05, 3.63) is 0 Å². The average molecular weight is 748 g/mol. The van der Waals surface area contributed by atoms with E-state index in [2.05, 4.69) is 0 Å². The molecule has 0 radical (unpaired) electrons. The van der Waals surface area contributed by atoms with Crippen molar-refractivity contribution < 1.29 is 127 Å². The van der Waals surface area contributed by atoms with E-state index in [0.29, 0.717) is 0 Å². The van der Waals surface area contributed by atoms with Gasteiger partial charge >= 0.3 is 71.6 Å². The normalized spacial score (nSPS) is 17.5. The summed E-state index contributed by atoms with van der Waals surface area (Å²) < 4.78 is 377. The van der Waals surface area contributed by atoms with Gasteiger partial charge in [0.1, 0.15) is 0 Å². The van der Waals surface area contributed by atoms with Gasteiger partial charge in [0.2, 0.25) is 6.17 Å². The van der Waals surface area contributed by atoms with Crippen LogP contribution in [0.1, 0.15) is 12.8 Å². The Bertz CT molecular complexity index is 1040. The van der Waals surface area contributed by atoms with E-state index in [0.717, 1.165) is 0 Å². The van der Waals surface area contributed by atoms with Crippen LogP contribution in [-0.2, 0) is 0 Å². The summed E-state index contributed by atoms with van der Waals surface area (Å²) in [5, 5.41) is 0. The predicted octanol–water partition coefficient (Wildman–Crippen LogP) is 10.2. The van der Waals surface area contributed by atoms with Gasteiger partial charge in [0.25, 0.3) is 5.92 Å². The number of hydrogen-bond acceptors (Lipinski definition) is 0. The predicted molar refractivity (Wildman–Crippen MR) is 80.7 cm³/mol. The first-order valence-corrected chi connectivity index (χ1v) is 9.79. The third kappa shape index (κ3) is 5.86. The van der Waals surface area contributed by atoms with Gasteiger partial charge in [-0.05, 0) is 0 Å². The Morgan fingerprint density at radius 1 is 0.289 bits per heavy atom. The zero-order valence-corrected chi connectivity index (χ0v) is 19.5. The number of halogens is 29. The molecule has 0 amide bonds. The van der Waals surface area contributed by atoms with Crippen molar-refractivity contribution in [2.75, 3.05) is 0 Å². The molecule has 0 aromatic carbocycles. The van der Waals surface area contributed by atoms with Crippen molar-refractivity contribution in [1.82, 2.24) is 0 Å². The van der Waals surface area contributed by atoms with Gasteiger partial charge in [-0.15, -0.1) is 0 Å². The van der Waals surface area contributed by atoms with Gasteiger partial charge in [-0.1, -0.05) is 0 Å². The second-order valence-corrected chi connectivity index (χ2v) is 8.54. The second kappa shape index (κ2) is 10.7. The Labute approximate surface area is 225 Å². The van der Waals surface area contributed by atoms with E-state index < -0.39 is 96.5 Å². The Balaban J connectivity index is 6.68. The molecule has 0 aliphatic rings. The fraction of sp³-hybridized carbons (Fsp3) is 1.00. The Kier molecular flexibility index (Phi) is 10.3. The molecule has 0 heterocycles. The van der Waals surface area contributed by atoms with Gasteiger partial charge in [-0.2, -0.15) is 114 Å². The summed E-state index contributed by atoms with van der Waals surface area (Å²) in [4.78, 5) is 0. The van der Waals surface area contributed by atoms with E-state index in [1.807, 2.05) is 0 Å². The number of hydrogen-bond donors (Lipinski definition) is 0. The van der Waals surface area contributed by atoms with Gasteiger partial charge in [0.05, 0.1) is 0 Å². The molecule has 45 heavy (non-hydrogen) atoms. The molecule has 0 rings (SSSR count). The lowest BCUT2D eigenvalue weighted by Crippen LogP contribution is -2.74. The van der Waals surface area contributed by atoms with E-state index in [9.17, 15) is 127 Å². The molecular formula is C16H5F29. The summed E-state index contributed by atoms with van der Waals surface area (Å²) in [5.41, 5.74) is 0. The maximum atomic E-state index is 13.6. The van der Waals surface area contributed by atoms with Crippen LogP contribution in [-0.4, -0.2) is 83.7 Å². The molecule has 0 aliphatic heterocycles. The van der Waals surface area contributed by atoms with Gasteiger partial charge in [0.15, 0.2) is 0 Å². The molecule has 0 fully saturated rings. The molecule has 0 nitrogen and oxygen atoms in total. The molecule has 0 aliphatic carbocycles. The molecular weight excluding hydrogens is 743 g/mol. The van der Waals surface area contributed by atoms with Crippen molar-refractivity contribution in [3.63, 3.8) is 0 Å². The first-order chi connectivity index (χ1) is 18.9. The zero-order valence-electron chi connectivity index (χ0n) is 19.5. The second-order valence-electron chi connectivity index (χ2n) is 8.54. The highest BCUT2D eigenvalue weighted by Crippen LogP contribution is 2.65. The average Bonchev–Trinajstić information content (AvgIpc) is 2.79. The Hall–Kier alpha value is -2.03. The smallest absolute Gasteiger partial charge is 0.234 e. The SMILES string of the molecule is FC(C(F)(F)CCC(F)(F)C(F)(F)C(F)(F)C(F)(F)C(F)(F)C(F)(F)C(F)(F)C(F)(F)F)C(F)(F)C(F)(F)C(F)(F)C(F)(F)F. The van der Waals surface area contributed by atoms with Crippen molar-refractivity contribution in [2.45, 2.75) is 96.5 Å². The van der Waals surface area contributed by atoms with E-state index in [1.165, 1.54) is 0 Å². The van der Waals surface area contributed by atoms with Crippen molar-refractivity contribution in [2.24, 2.45) is 0 Å². The van der Waals surface area contributed by atoms with E-state index in [1.54, 1.807) is 0 Å². The maximum absolute atomic E-state index is 13.6. The lowest BCUT2D eigenvalue weighted by atomic mass is 9.87. The molecule has 0 saturated carbocycles. The van der Waals surface area contributed by atoms with Gasteiger partial charge < -0.3 is 0 Å². The van der Waals surface area contributed by atoms with E-state index in [4.69, 9.17) is 0 Å². The number of rotatable bonds is 13. The molecule has 0 spiro atoms. The summed E-state index contributed by atoms with van der Waals surface area (Å²) >= 11 is 0. The van der Waals surface area contributed by atoms with E-state index >= 15 is 0 Å². The summed E-state index contributed by atoms with van der Waals surface area (Å²) in [7, 11) is 0. The maximum Gasteiger partial charge on any atom is 0.460 e. The highest BCUT2D eigenvalue weighted by atomic mass is 19.4. The summed E-state index contributed by atoms with van der Waals surface area (Å²) in [6.45, 7) is 0. The fourth-order valence-corrected chi connectivity index (χ4v) is 2.62. The largest absolute Gasteiger partial charge is 0.460 e. The van der Waals surface area contributed by atoms with Gasteiger partial charge in [-0.25, -0.2) is 13.2 Å². The van der Waals surface area contributed by atoms with E-state index in [-0.39, 0.29) is 0 Å². The van der Waals surface area contributed by atoms with Crippen LogP contribution in [0.5, 0.6) is 0 Å². The minimum atomic E-state index is -9.23. The van der Waals surface area contributed by atoms with Crippen LogP contribution in [0.25, 0.3) is 0 Å². The first kappa shape index (κ1) is 43.0. The summed E-state index contributed by atoms with van der Waals surface area (Å²) in [6, 6.07) is 0. The summed E-state index contributed by atoms with van der Waals surface area (Å²) in [5.74, 6) is -93.3. The Morgan fingerprint density at radius 3 is 0.822 bits per heavy atom. The highest BCUT2D eigenvalue weighted by molar-refractivity contribution is 5.15. The Morgan fingerprint density at radius 2 is 0.533 bits per heavy atom.